The summed E-state index contributed by atoms with van der Waals surface area (Å²) < 4.78 is 0. The smallest absolute Gasteiger partial charge is 0.764 e. The summed E-state index contributed by atoms with van der Waals surface area (Å²) in [5.74, 6) is 0. The van der Waals surface area contributed by atoms with E-state index >= 15 is 0 Å². The summed E-state index contributed by atoms with van der Waals surface area (Å²) in [5.41, 5.74) is 0. The Morgan fingerprint density at radius 3 is 0.750 bits per heavy atom. The molecule has 0 rings (SSSR count). The van der Waals surface area contributed by atoms with Gasteiger partial charge in [-0.1, -0.05) is 10.6 Å². The predicted molar refractivity (Wildman–Crippen MR) is 25.5 cm³/mol. The molecule has 0 saturated heterocycles. The minimum absolute atomic E-state index is 0. The Bertz CT molecular complexity index is 81.1. The second kappa shape index (κ2) is 29.3. The van der Waals surface area contributed by atoms with Crippen LogP contribution in [-0.2, 0) is 25.3 Å². The van der Waals surface area contributed by atoms with Crippen LogP contribution < -0.4 is 128 Å². The first kappa shape index (κ1) is 36.1. The molecule has 0 aliphatic rings. The average Bonchev–Trinajstić information content (AvgIpc) is 1.25. The largest absolute Gasteiger partial charge is 1.00 e. The monoisotopic (exact) mass is 244 g/mol. The first-order chi connectivity index (χ1) is 3.46. The maximum Gasteiger partial charge on any atom is 1.00 e. The molecule has 0 heterocycles. The van der Waals surface area contributed by atoms with E-state index in [0.717, 1.165) is 0 Å². The normalized spacial score (nSPS) is 4.00. The van der Waals surface area contributed by atoms with Gasteiger partial charge in [-0.15, -0.1) is 0 Å². The van der Waals surface area contributed by atoms with Crippen LogP contribution in [-0.4, -0.2) is 10.6 Å². The fraction of sp³-hybridized carbons (Fsp3) is 0. The van der Waals surface area contributed by atoms with E-state index in [-0.39, 0.29) is 118 Å². The van der Waals surface area contributed by atoms with Crippen molar-refractivity contribution in [2.24, 2.45) is 0 Å². The summed E-state index contributed by atoms with van der Waals surface area (Å²) in [6.45, 7) is 0. The molecule has 4 nitrogen and oxygen atoms in total. The molecule has 0 fully saturated rings. The van der Waals surface area contributed by atoms with E-state index in [9.17, 15) is 0 Å². The number of hydrogen-bond acceptors (Lipinski definition) is 6. The van der Waals surface area contributed by atoms with Crippen molar-refractivity contribution < 1.29 is 138 Å². The summed E-state index contributed by atoms with van der Waals surface area (Å²) in [6.07, 6.45) is 0. The Labute approximate surface area is 170 Å². The molecule has 12 heavy (non-hydrogen) atoms. The molecule has 0 atom stereocenters. The molecule has 0 aliphatic heterocycles. The van der Waals surface area contributed by atoms with Crippen LogP contribution in [0.3, 0.4) is 0 Å². The van der Waals surface area contributed by atoms with Crippen LogP contribution in [0, 0.1) is 0 Å². The summed E-state index contributed by atoms with van der Waals surface area (Å²) in [4.78, 5) is 17.4. The number of carbonyl (C=O) groups excluding carboxylic acids is 2. The van der Waals surface area contributed by atoms with Crippen molar-refractivity contribution in [1.82, 2.24) is 0 Å². The first-order valence-corrected chi connectivity index (χ1v) is 2.04. The predicted octanol–water partition coefficient (Wildman–Crippen LogP) is -14.2. The van der Waals surface area contributed by atoms with Crippen molar-refractivity contribution in [3.05, 3.63) is 0 Å². The third-order valence-corrected chi connectivity index (χ3v) is 0. The Morgan fingerprint density at radius 2 is 0.750 bits per heavy atom. The molecule has 0 bridgehead atoms. The van der Waals surface area contributed by atoms with Gasteiger partial charge in [0.25, 0.3) is 0 Å². The zero-order chi connectivity index (χ0) is 7.15. The van der Waals surface area contributed by atoms with E-state index in [0.29, 0.717) is 0 Å². The molecule has 0 spiro atoms. The third kappa shape index (κ3) is 179. The van der Waals surface area contributed by atoms with Gasteiger partial charge in [0.05, 0.1) is 0 Å². The number of hydrogen-bond donors (Lipinski definition) is 0. The molecule has 48 valence electrons. The Morgan fingerprint density at radius 1 is 0.750 bits per heavy atom. The van der Waals surface area contributed by atoms with Crippen LogP contribution in [0.2, 0.25) is 0 Å². The Balaban J connectivity index is -0.0000000112. The SMILES string of the molecule is O=C([O-])[S-].O=C([O-])[S-].[Na+].[Na+].[Na+].[Na+]. The van der Waals surface area contributed by atoms with Crippen LogP contribution in [0.1, 0.15) is 0 Å². The fourth-order valence-corrected chi connectivity index (χ4v) is 0. The van der Waals surface area contributed by atoms with Crippen molar-refractivity contribution >= 4 is 35.9 Å². The third-order valence-electron chi connectivity index (χ3n) is 0. The molecule has 10 heteroatoms. The minimum atomic E-state index is -1.50. The fourth-order valence-electron chi connectivity index (χ4n) is 0. The van der Waals surface area contributed by atoms with Crippen LogP contribution >= 0.6 is 0 Å². The minimum Gasteiger partial charge on any atom is -0.764 e. The van der Waals surface area contributed by atoms with Crippen molar-refractivity contribution in [2.45, 2.75) is 0 Å². The van der Waals surface area contributed by atoms with Gasteiger partial charge in [0.2, 0.25) is 0 Å². The van der Waals surface area contributed by atoms with Gasteiger partial charge in [-0.2, -0.15) is 0 Å². The maximum absolute atomic E-state index is 8.70. The van der Waals surface area contributed by atoms with E-state index in [1.54, 1.807) is 0 Å². The summed E-state index contributed by atoms with van der Waals surface area (Å²) in [5, 5.41) is 14.4. The van der Waals surface area contributed by atoms with Crippen LogP contribution in [0.4, 0.5) is 9.59 Å². The van der Waals surface area contributed by atoms with Crippen LogP contribution in [0.5, 0.6) is 0 Å². The summed E-state index contributed by atoms with van der Waals surface area (Å²) >= 11 is 6.85. The second-order valence-corrected chi connectivity index (χ2v) is 1.17. The van der Waals surface area contributed by atoms with Gasteiger partial charge in [-0.25, -0.2) is 0 Å². The zero-order valence-corrected chi connectivity index (χ0v) is 17.1. The van der Waals surface area contributed by atoms with Crippen molar-refractivity contribution in [3.8, 4) is 0 Å². The number of carbonyl (C=O) groups is 2. The Kier molecular flexibility index (Phi) is 88.1. The van der Waals surface area contributed by atoms with E-state index in [2.05, 4.69) is 25.3 Å². The van der Waals surface area contributed by atoms with E-state index < -0.39 is 10.6 Å². The molecule has 0 aromatic carbocycles. The molecule has 0 aliphatic carbocycles. The van der Waals surface area contributed by atoms with Gasteiger partial charge in [0, 0.05) is 0 Å². The quantitative estimate of drug-likeness (QED) is 0.311. The number of rotatable bonds is 0. The molecular formula is C2Na4O4S2. The van der Waals surface area contributed by atoms with E-state index in [4.69, 9.17) is 19.8 Å². The molecule has 0 unspecified atom stereocenters. The van der Waals surface area contributed by atoms with Crippen molar-refractivity contribution in [1.29, 1.82) is 0 Å². The van der Waals surface area contributed by atoms with Gasteiger partial charge in [-0.3, -0.25) is 0 Å². The molecule has 0 radical (unpaired) electrons. The molecular weight excluding hydrogens is 244 g/mol. The van der Waals surface area contributed by atoms with Gasteiger partial charge < -0.3 is 45.1 Å². The van der Waals surface area contributed by atoms with Gasteiger partial charge in [0.15, 0.2) is 0 Å². The molecule has 0 N–H and O–H groups in total. The molecule has 0 aromatic rings. The second-order valence-electron chi connectivity index (χ2n) is 0.500. The summed E-state index contributed by atoms with van der Waals surface area (Å²) in [6, 6.07) is 0. The number of carboxylic acid groups (broad SMARTS) is 2. The van der Waals surface area contributed by atoms with Crippen molar-refractivity contribution in [2.75, 3.05) is 0 Å². The molecule has 0 aromatic heterocycles. The van der Waals surface area contributed by atoms with Gasteiger partial charge in [-0.05, 0) is 0 Å². The van der Waals surface area contributed by atoms with Crippen LogP contribution in [0.15, 0.2) is 0 Å². The molecule has 0 saturated carbocycles. The maximum atomic E-state index is 8.70. The Hall–Kier alpha value is 3.38. The van der Waals surface area contributed by atoms with E-state index in [1.165, 1.54) is 0 Å². The van der Waals surface area contributed by atoms with E-state index in [1.807, 2.05) is 0 Å². The summed E-state index contributed by atoms with van der Waals surface area (Å²) in [7, 11) is 0. The van der Waals surface area contributed by atoms with Crippen LogP contribution in [0.25, 0.3) is 0 Å². The topological polar surface area (TPSA) is 80.3 Å². The zero-order valence-electron chi connectivity index (χ0n) is 7.45. The average molecular weight is 244 g/mol. The standard InChI is InChI=1S/2CH2O2S.4Na/c2*2-1(3)4;;;;/h2*4H,(H,2,3);;;;/q;;4*+1/p-4. The molecule has 0 amide bonds. The first-order valence-electron chi connectivity index (χ1n) is 1.22. The van der Waals surface area contributed by atoms with Gasteiger partial charge >= 0.3 is 118 Å². The van der Waals surface area contributed by atoms with Gasteiger partial charge in [0.1, 0.15) is 0 Å². The van der Waals surface area contributed by atoms with Crippen molar-refractivity contribution in [3.63, 3.8) is 0 Å².